The number of hydrogen-bond donors (Lipinski definition) is 2. The number of thioether (sulfide) groups is 1. The zero-order valence-corrected chi connectivity index (χ0v) is 13.2. The number of hydrogen-bond acceptors (Lipinski definition) is 5. The molecule has 2 aromatic rings. The molecule has 21 heavy (non-hydrogen) atoms. The van der Waals surface area contributed by atoms with E-state index in [0.717, 1.165) is 10.6 Å². The van der Waals surface area contributed by atoms with Crippen LogP contribution in [0.25, 0.3) is 0 Å². The lowest BCUT2D eigenvalue weighted by atomic mass is 10.1. The van der Waals surface area contributed by atoms with Crippen LogP contribution in [0.3, 0.4) is 0 Å². The molecule has 112 valence electrons. The maximum atomic E-state index is 11.7. The van der Waals surface area contributed by atoms with Crippen LogP contribution in [-0.4, -0.2) is 17.6 Å². The van der Waals surface area contributed by atoms with Gasteiger partial charge in [0.2, 0.25) is 5.91 Å². The summed E-state index contributed by atoms with van der Waals surface area (Å²) < 4.78 is 5.19. The Labute approximate surface area is 131 Å². The lowest BCUT2D eigenvalue weighted by Crippen LogP contribution is -2.37. The third kappa shape index (κ3) is 5.08. The predicted molar refractivity (Wildman–Crippen MR) is 86.0 cm³/mol. The van der Waals surface area contributed by atoms with Gasteiger partial charge in [0.05, 0.1) is 18.6 Å². The Balaban J connectivity index is 1.72. The van der Waals surface area contributed by atoms with Crippen molar-refractivity contribution in [2.24, 2.45) is 0 Å². The van der Waals surface area contributed by atoms with E-state index in [9.17, 15) is 9.90 Å². The molecule has 4 nitrogen and oxygen atoms in total. The van der Waals surface area contributed by atoms with E-state index in [2.05, 4.69) is 5.32 Å². The lowest BCUT2D eigenvalue weighted by Gasteiger charge is -2.21. The molecule has 0 spiro atoms. The van der Waals surface area contributed by atoms with Gasteiger partial charge in [-0.05, 0) is 35.9 Å². The summed E-state index contributed by atoms with van der Waals surface area (Å²) in [7, 11) is 0. The van der Waals surface area contributed by atoms with Crippen LogP contribution < -0.4 is 5.32 Å². The zero-order valence-electron chi connectivity index (χ0n) is 11.6. The molecule has 1 unspecified atom stereocenters. The molecule has 0 bridgehead atoms. The predicted octanol–water partition coefficient (Wildman–Crippen LogP) is 3.11. The second kappa shape index (κ2) is 7.49. The highest BCUT2D eigenvalue weighted by Gasteiger charge is 2.24. The molecule has 2 rings (SSSR count). The number of amides is 1. The van der Waals surface area contributed by atoms with E-state index in [1.54, 1.807) is 18.6 Å². The molecule has 0 fully saturated rings. The summed E-state index contributed by atoms with van der Waals surface area (Å²) in [6.07, 6.45) is 3.08. The standard InChI is InChI=1S/C15H17NO3S2/c1-15(18,13-5-3-8-21-13)11-16-14(17)6-9-20-10-12-4-2-7-19-12/h2-9,18H,10-11H2,1H3,(H,16,17). The number of nitrogens with one attached hydrogen (secondary N) is 1. The van der Waals surface area contributed by atoms with Crippen molar-refractivity contribution >= 4 is 29.0 Å². The molecule has 1 amide bonds. The highest BCUT2D eigenvalue weighted by Crippen LogP contribution is 2.24. The first kappa shape index (κ1) is 15.9. The van der Waals surface area contributed by atoms with Gasteiger partial charge in [0, 0.05) is 11.0 Å². The summed E-state index contributed by atoms with van der Waals surface area (Å²) in [6.45, 7) is 1.87. The first-order valence-corrected chi connectivity index (χ1v) is 8.35. The quantitative estimate of drug-likeness (QED) is 0.769. The van der Waals surface area contributed by atoms with E-state index in [1.807, 2.05) is 29.6 Å². The van der Waals surface area contributed by atoms with E-state index < -0.39 is 5.60 Å². The van der Waals surface area contributed by atoms with Gasteiger partial charge in [-0.2, -0.15) is 0 Å². The third-order valence-electron chi connectivity index (χ3n) is 2.78. The van der Waals surface area contributed by atoms with Gasteiger partial charge in [0.15, 0.2) is 0 Å². The van der Waals surface area contributed by atoms with E-state index in [4.69, 9.17) is 4.42 Å². The second-order valence-corrected chi connectivity index (χ2v) is 6.50. The van der Waals surface area contributed by atoms with Gasteiger partial charge < -0.3 is 14.8 Å². The molecule has 0 aromatic carbocycles. The molecule has 0 aliphatic carbocycles. The number of rotatable bonds is 7. The van der Waals surface area contributed by atoms with Crippen LogP contribution in [0.5, 0.6) is 0 Å². The summed E-state index contributed by atoms with van der Waals surface area (Å²) in [5.74, 6) is 1.33. The number of carbonyl (C=O) groups is 1. The van der Waals surface area contributed by atoms with Crippen LogP contribution in [0.2, 0.25) is 0 Å². The van der Waals surface area contributed by atoms with Crippen LogP contribution in [-0.2, 0) is 16.1 Å². The van der Waals surface area contributed by atoms with Crippen molar-refractivity contribution in [1.29, 1.82) is 0 Å². The van der Waals surface area contributed by atoms with Gasteiger partial charge in [-0.25, -0.2) is 0 Å². The largest absolute Gasteiger partial charge is 0.468 e. The van der Waals surface area contributed by atoms with Gasteiger partial charge in [-0.3, -0.25) is 4.79 Å². The topological polar surface area (TPSA) is 62.5 Å². The van der Waals surface area contributed by atoms with Gasteiger partial charge in [0.1, 0.15) is 11.4 Å². The van der Waals surface area contributed by atoms with Crippen molar-refractivity contribution in [3.63, 3.8) is 0 Å². The summed E-state index contributed by atoms with van der Waals surface area (Å²) in [5.41, 5.74) is -1.04. The van der Waals surface area contributed by atoms with Crippen molar-refractivity contribution in [3.05, 3.63) is 58.0 Å². The van der Waals surface area contributed by atoms with E-state index in [1.165, 1.54) is 29.2 Å². The van der Waals surface area contributed by atoms with Crippen molar-refractivity contribution < 1.29 is 14.3 Å². The molecular formula is C15H17NO3S2. The third-order valence-corrected chi connectivity index (χ3v) is 4.68. The Morgan fingerprint density at radius 3 is 3.05 bits per heavy atom. The van der Waals surface area contributed by atoms with Gasteiger partial charge in [-0.15, -0.1) is 23.1 Å². The highest BCUT2D eigenvalue weighted by atomic mass is 32.2. The molecule has 0 saturated carbocycles. The Kier molecular flexibility index (Phi) is 5.67. The molecule has 2 N–H and O–H groups in total. The lowest BCUT2D eigenvalue weighted by molar-refractivity contribution is -0.117. The van der Waals surface area contributed by atoms with E-state index in [0.29, 0.717) is 5.75 Å². The molecule has 0 saturated heterocycles. The minimum atomic E-state index is -1.04. The summed E-state index contributed by atoms with van der Waals surface area (Å²) in [4.78, 5) is 12.5. The molecule has 0 aliphatic rings. The summed E-state index contributed by atoms with van der Waals surface area (Å²) >= 11 is 2.94. The van der Waals surface area contributed by atoms with Crippen LogP contribution in [0.15, 0.2) is 51.8 Å². The monoisotopic (exact) mass is 323 g/mol. The maximum Gasteiger partial charge on any atom is 0.244 e. The highest BCUT2D eigenvalue weighted by molar-refractivity contribution is 8.01. The minimum Gasteiger partial charge on any atom is -0.468 e. The number of aliphatic hydroxyl groups is 1. The Hall–Kier alpha value is -1.50. The van der Waals surface area contributed by atoms with E-state index in [-0.39, 0.29) is 12.5 Å². The zero-order chi connectivity index (χ0) is 15.1. The molecule has 0 aliphatic heterocycles. The minimum absolute atomic E-state index is 0.180. The fourth-order valence-electron chi connectivity index (χ4n) is 1.63. The summed E-state index contributed by atoms with van der Waals surface area (Å²) in [6, 6.07) is 7.45. The number of carbonyl (C=O) groups excluding carboxylic acids is 1. The Morgan fingerprint density at radius 2 is 2.38 bits per heavy atom. The number of furan rings is 1. The normalized spacial score (nSPS) is 14.2. The average Bonchev–Trinajstić information content (AvgIpc) is 3.14. The van der Waals surface area contributed by atoms with Crippen molar-refractivity contribution in [2.45, 2.75) is 18.3 Å². The fourth-order valence-corrected chi connectivity index (χ4v) is 3.06. The first-order chi connectivity index (χ1) is 10.1. The summed E-state index contributed by atoms with van der Waals surface area (Å²) in [5, 5.41) is 16.6. The fraction of sp³-hybridized carbons (Fsp3) is 0.267. The van der Waals surface area contributed by atoms with Crippen LogP contribution in [0.1, 0.15) is 17.6 Å². The smallest absolute Gasteiger partial charge is 0.244 e. The maximum absolute atomic E-state index is 11.7. The van der Waals surface area contributed by atoms with Gasteiger partial charge >= 0.3 is 0 Å². The van der Waals surface area contributed by atoms with Crippen molar-refractivity contribution in [3.8, 4) is 0 Å². The van der Waals surface area contributed by atoms with Crippen LogP contribution >= 0.6 is 23.1 Å². The van der Waals surface area contributed by atoms with Gasteiger partial charge in [-0.1, -0.05) is 6.07 Å². The SMILES string of the molecule is CC(O)(CNC(=O)C=CSCc1ccco1)c1cccs1. The molecule has 2 aromatic heterocycles. The second-order valence-electron chi connectivity index (χ2n) is 4.66. The number of thiophene rings is 1. The first-order valence-electron chi connectivity index (χ1n) is 6.43. The Morgan fingerprint density at radius 1 is 1.52 bits per heavy atom. The van der Waals surface area contributed by atoms with Crippen LogP contribution in [0, 0.1) is 0 Å². The van der Waals surface area contributed by atoms with Crippen molar-refractivity contribution in [2.75, 3.05) is 6.54 Å². The molecular weight excluding hydrogens is 306 g/mol. The average molecular weight is 323 g/mol. The molecule has 6 heteroatoms. The molecule has 2 heterocycles. The van der Waals surface area contributed by atoms with Crippen LogP contribution in [0.4, 0.5) is 0 Å². The molecule has 1 atom stereocenters. The van der Waals surface area contributed by atoms with E-state index >= 15 is 0 Å². The Bertz CT molecular complexity index is 574. The molecule has 0 radical (unpaired) electrons. The van der Waals surface area contributed by atoms with Gasteiger partial charge in [0.25, 0.3) is 0 Å². The van der Waals surface area contributed by atoms with Crippen molar-refractivity contribution in [1.82, 2.24) is 5.32 Å².